The molecule has 0 saturated heterocycles. The highest BCUT2D eigenvalue weighted by molar-refractivity contribution is 6.35. The van der Waals surface area contributed by atoms with E-state index >= 15 is 0 Å². The quantitative estimate of drug-likeness (QED) is 0.591. The van der Waals surface area contributed by atoms with Crippen molar-refractivity contribution in [2.45, 2.75) is 13.8 Å². The van der Waals surface area contributed by atoms with E-state index < -0.39 is 5.91 Å². The van der Waals surface area contributed by atoms with Crippen LogP contribution >= 0.6 is 23.2 Å². The van der Waals surface area contributed by atoms with Gasteiger partial charge < -0.3 is 10.6 Å². The first-order valence-electron chi connectivity index (χ1n) is 7.10. The molecular formula is C18H15Cl2N3O. The van der Waals surface area contributed by atoms with Crippen LogP contribution in [0.25, 0.3) is 0 Å². The fraction of sp³-hybridized carbons (Fsp3) is 0.111. The number of amides is 1. The van der Waals surface area contributed by atoms with Gasteiger partial charge in [-0.05, 0) is 55.3 Å². The second-order valence-electron chi connectivity index (χ2n) is 5.27. The third-order valence-corrected chi connectivity index (χ3v) is 3.71. The molecule has 0 aromatic heterocycles. The smallest absolute Gasteiger partial charge is 0.267 e. The second kappa shape index (κ2) is 7.87. The maximum atomic E-state index is 12.2. The van der Waals surface area contributed by atoms with Gasteiger partial charge in [0, 0.05) is 16.9 Å². The summed E-state index contributed by atoms with van der Waals surface area (Å²) in [5.41, 5.74) is 3.24. The number of benzene rings is 2. The number of anilines is 2. The summed E-state index contributed by atoms with van der Waals surface area (Å²) in [5, 5.41) is 15.5. The van der Waals surface area contributed by atoms with Gasteiger partial charge in [-0.3, -0.25) is 4.79 Å². The number of hydrogen-bond donors (Lipinski definition) is 2. The summed E-state index contributed by atoms with van der Waals surface area (Å²) in [4.78, 5) is 12.2. The maximum Gasteiger partial charge on any atom is 0.267 e. The molecule has 0 aliphatic heterocycles. The molecule has 6 heteroatoms. The number of nitriles is 1. The molecule has 0 radical (unpaired) electrons. The van der Waals surface area contributed by atoms with Crippen molar-refractivity contribution in [1.82, 2.24) is 0 Å². The largest absolute Gasteiger partial charge is 0.360 e. The van der Waals surface area contributed by atoms with Crippen LogP contribution in [-0.2, 0) is 4.79 Å². The van der Waals surface area contributed by atoms with E-state index in [-0.39, 0.29) is 5.57 Å². The van der Waals surface area contributed by atoms with E-state index in [2.05, 4.69) is 10.6 Å². The Morgan fingerprint density at radius 1 is 1.12 bits per heavy atom. The fourth-order valence-electron chi connectivity index (χ4n) is 2.15. The SMILES string of the molecule is Cc1cc(C)cc(N/C=C(/C#N)C(=O)Nc2cc(Cl)ccc2Cl)c1. The van der Waals surface area contributed by atoms with E-state index in [1.54, 1.807) is 12.1 Å². The van der Waals surface area contributed by atoms with Crippen LogP contribution in [0.2, 0.25) is 10.0 Å². The van der Waals surface area contributed by atoms with E-state index in [9.17, 15) is 10.1 Å². The van der Waals surface area contributed by atoms with Gasteiger partial charge in [-0.2, -0.15) is 5.26 Å². The molecule has 0 aliphatic rings. The van der Waals surface area contributed by atoms with Crippen molar-refractivity contribution in [3.8, 4) is 6.07 Å². The summed E-state index contributed by atoms with van der Waals surface area (Å²) in [7, 11) is 0. The maximum absolute atomic E-state index is 12.2. The van der Waals surface area contributed by atoms with Crippen LogP contribution in [0.5, 0.6) is 0 Å². The first-order chi connectivity index (χ1) is 11.4. The summed E-state index contributed by atoms with van der Waals surface area (Å²) >= 11 is 11.9. The Labute approximate surface area is 150 Å². The van der Waals surface area contributed by atoms with Crippen molar-refractivity contribution in [3.05, 3.63) is 69.3 Å². The Kier molecular flexibility index (Phi) is 5.86. The molecule has 2 rings (SSSR count). The van der Waals surface area contributed by atoms with Gasteiger partial charge in [0.15, 0.2) is 0 Å². The molecule has 0 saturated carbocycles. The Balaban J connectivity index is 2.16. The number of aryl methyl sites for hydroxylation is 2. The van der Waals surface area contributed by atoms with E-state index in [0.29, 0.717) is 15.7 Å². The van der Waals surface area contributed by atoms with Crippen LogP contribution < -0.4 is 10.6 Å². The summed E-state index contributed by atoms with van der Waals surface area (Å²) in [6, 6.07) is 12.5. The third-order valence-electron chi connectivity index (χ3n) is 3.15. The summed E-state index contributed by atoms with van der Waals surface area (Å²) in [5.74, 6) is -0.571. The number of halogens is 2. The normalized spacial score (nSPS) is 10.9. The van der Waals surface area contributed by atoms with Gasteiger partial charge in [0.2, 0.25) is 0 Å². The topological polar surface area (TPSA) is 64.9 Å². The Hall–Kier alpha value is -2.48. The van der Waals surface area contributed by atoms with Gasteiger partial charge in [-0.15, -0.1) is 0 Å². The Bertz CT molecular complexity index is 834. The molecule has 2 aromatic carbocycles. The number of nitrogens with one attached hydrogen (secondary N) is 2. The minimum Gasteiger partial charge on any atom is -0.360 e. The molecule has 2 N–H and O–H groups in total. The Morgan fingerprint density at radius 3 is 2.42 bits per heavy atom. The lowest BCUT2D eigenvalue weighted by Gasteiger charge is -2.08. The number of hydrogen-bond acceptors (Lipinski definition) is 3. The lowest BCUT2D eigenvalue weighted by Crippen LogP contribution is -2.14. The predicted octanol–water partition coefficient (Wildman–Crippen LogP) is 5.07. The first-order valence-corrected chi connectivity index (χ1v) is 7.86. The molecule has 0 atom stereocenters. The van der Waals surface area contributed by atoms with E-state index in [1.807, 2.05) is 38.1 Å². The average molecular weight is 360 g/mol. The molecule has 122 valence electrons. The van der Waals surface area contributed by atoms with Crippen molar-refractivity contribution in [3.63, 3.8) is 0 Å². The fourth-order valence-corrected chi connectivity index (χ4v) is 2.48. The van der Waals surface area contributed by atoms with Crippen LogP contribution in [0.3, 0.4) is 0 Å². The van der Waals surface area contributed by atoms with Gasteiger partial charge >= 0.3 is 0 Å². The molecule has 0 bridgehead atoms. The van der Waals surface area contributed by atoms with Crippen molar-refractivity contribution in [1.29, 1.82) is 5.26 Å². The molecule has 0 aliphatic carbocycles. The molecule has 2 aromatic rings. The highest BCUT2D eigenvalue weighted by atomic mass is 35.5. The highest BCUT2D eigenvalue weighted by Gasteiger charge is 2.11. The standard InChI is InChI=1S/C18H15Cl2N3O/c1-11-5-12(2)7-15(6-11)22-10-13(9-21)18(24)23-17-8-14(19)3-4-16(17)20/h3-8,10,22H,1-2H3,(H,23,24)/b13-10-. The summed E-state index contributed by atoms with van der Waals surface area (Å²) < 4.78 is 0. The lowest BCUT2D eigenvalue weighted by atomic mass is 10.1. The lowest BCUT2D eigenvalue weighted by molar-refractivity contribution is -0.112. The predicted molar refractivity (Wildman–Crippen MR) is 98.3 cm³/mol. The second-order valence-corrected chi connectivity index (χ2v) is 6.11. The molecule has 4 nitrogen and oxygen atoms in total. The average Bonchev–Trinajstić information content (AvgIpc) is 2.50. The molecular weight excluding hydrogens is 345 g/mol. The monoisotopic (exact) mass is 359 g/mol. The molecule has 24 heavy (non-hydrogen) atoms. The van der Waals surface area contributed by atoms with Crippen molar-refractivity contribution in [2.75, 3.05) is 10.6 Å². The van der Waals surface area contributed by atoms with Crippen LogP contribution in [0.4, 0.5) is 11.4 Å². The minimum atomic E-state index is -0.571. The van der Waals surface area contributed by atoms with E-state index in [0.717, 1.165) is 16.8 Å². The zero-order valence-corrected chi connectivity index (χ0v) is 14.7. The van der Waals surface area contributed by atoms with Crippen molar-refractivity contribution >= 4 is 40.5 Å². The van der Waals surface area contributed by atoms with Crippen molar-refractivity contribution < 1.29 is 4.79 Å². The minimum absolute atomic E-state index is 0.0785. The first kappa shape index (κ1) is 17.9. The van der Waals surface area contributed by atoms with Crippen molar-refractivity contribution in [2.24, 2.45) is 0 Å². The number of nitrogens with zero attached hydrogens (tertiary/aromatic N) is 1. The van der Waals surface area contributed by atoms with Crippen LogP contribution in [0.1, 0.15) is 11.1 Å². The summed E-state index contributed by atoms with van der Waals surface area (Å²) in [6.45, 7) is 3.95. The van der Waals surface area contributed by atoms with Crippen LogP contribution in [0, 0.1) is 25.2 Å². The van der Waals surface area contributed by atoms with Gasteiger partial charge in [0.25, 0.3) is 5.91 Å². The van der Waals surface area contributed by atoms with Crippen LogP contribution in [-0.4, -0.2) is 5.91 Å². The van der Waals surface area contributed by atoms with Gasteiger partial charge in [-0.25, -0.2) is 0 Å². The zero-order valence-electron chi connectivity index (χ0n) is 13.2. The Morgan fingerprint density at radius 2 is 1.79 bits per heavy atom. The molecule has 1 amide bonds. The molecule has 0 spiro atoms. The molecule has 0 heterocycles. The highest BCUT2D eigenvalue weighted by Crippen LogP contribution is 2.25. The summed E-state index contributed by atoms with van der Waals surface area (Å²) in [6.07, 6.45) is 1.36. The van der Waals surface area contributed by atoms with Crippen LogP contribution in [0.15, 0.2) is 48.2 Å². The third kappa shape index (κ3) is 4.76. The number of carbonyl (C=O) groups is 1. The van der Waals surface area contributed by atoms with Gasteiger partial charge in [-0.1, -0.05) is 29.3 Å². The number of rotatable bonds is 4. The molecule has 0 unspecified atom stereocenters. The van der Waals surface area contributed by atoms with E-state index in [1.165, 1.54) is 12.3 Å². The van der Waals surface area contributed by atoms with E-state index in [4.69, 9.17) is 23.2 Å². The number of carbonyl (C=O) groups excluding carboxylic acids is 1. The molecule has 0 fully saturated rings. The zero-order chi connectivity index (χ0) is 17.7. The van der Waals surface area contributed by atoms with Gasteiger partial charge in [0.05, 0.1) is 10.7 Å². The van der Waals surface area contributed by atoms with Gasteiger partial charge in [0.1, 0.15) is 11.6 Å².